The number of hydrazone groups is 1. The zero-order chi connectivity index (χ0) is 23.5. The molecule has 2 aromatic carbocycles. The fraction of sp³-hybridized carbons (Fsp3) is 0.273. The first kappa shape index (κ1) is 24.2. The first-order valence-electron chi connectivity index (χ1n) is 9.98. The maximum absolute atomic E-state index is 12.8. The summed E-state index contributed by atoms with van der Waals surface area (Å²) in [5, 5.41) is 21.1. The molecule has 32 heavy (non-hydrogen) atoms. The van der Waals surface area contributed by atoms with Gasteiger partial charge in [-0.25, -0.2) is 9.59 Å². The van der Waals surface area contributed by atoms with E-state index in [1.807, 2.05) is 0 Å². The molecule has 2 unspecified atom stereocenters. The highest BCUT2D eigenvalue weighted by atomic mass is 16.5. The Labute approximate surface area is 185 Å². The fourth-order valence-electron chi connectivity index (χ4n) is 2.85. The summed E-state index contributed by atoms with van der Waals surface area (Å²) in [7, 11) is 0. The van der Waals surface area contributed by atoms with Crippen molar-refractivity contribution in [2.24, 2.45) is 10.9 Å². The van der Waals surface area contributed by atoms with Crippen molar-refractivity contribution in [3.8, 4) is 5.75 Å². The predicted molar refractivity (Wildman–Crippen MR) is 120 cm³/mol. The van der Waals surface area contributed by atoms with Crippen molar-refractivity contribution >= 4 is 29.8 Å². The second kappa shape index (κ2) is 11.9. The number of carbonyl (C=O) groups excluding carboxylic acids is 3. The van der Waals surface area contributed by atoms with Crippen molar-refractivity contribution in [1.29, 1.82) is 0 Å². The molecule has 2 rings (SSSR count). The van der Waals surface area contributed by atoms with Crippen LogP contribution in [0, 0.1) is 0 Å². The SMILES string of the molecule is CCOC(=O)C(C)NC(=O)C(CNC(=O)Nc1ccc(C=NN)cc1)c1cccc(O)c1. The molecule has 2 aromatic rings. The molecule has 0 bridgehead atoms. The lowest BCUT2D eigenvalue weighted by atomic mass is 9.97. The molecule has 0 aromatic heterocycles. The molecule has 170 valence electrons. The van der Waals surface area contributed by atoms with Gasteiger partial charge >= 0.3 is 12.0 Å². The number of rotatable bonds is 9. The number of carbonyl (C=O) groups is 3. The molecule has 0 heterocycles. The third-order valence-corrected chi connectivity index (χ3v) is 4.45. The number of phenols is 1. The van der Waals surface area contributed by atoms with Crippen molar-refractivity contribution in [1.82, 2.24) is 10.6 Å². The molecule has 0 fully saturated rings. The maximum Gasteiger partial charge on any atom is 0.328 e. The molecule has 0 radical (unpaired) electrons. The van der Waals surface area contributed by atoms with Crippen molar-refractivity contribution in [2.45, 2.75) is 25.8 Å². The van der Waals surface area contributed by atoms with Gasteiger partial charge in [-0.1, -0.05) is 24.3 Å². The smallest absolute Gasteiger partial charge is 0.328 e. The predicted octanol–water partition coefficient (Wildman–Crippen LogP) is 1.66. The van der Waals surface area contributed by atoms with Crippen molar-refractivity contribution < 1.29 is 24.2 Å². The normalized spacial score (nSPS) is 12.6. The summed E-state index contributed by atoms with van der Waals surface area (Å²) in [6, 6.07) is 11.6. The summed E-state index contributed by atoms with van der Waals surface area (Å²) in [6.07, 6.45) is 1.47. The molecule has 0 aliphatic heterocycles. The lowest BCUT2D eigenvalue weighted by Crippen LogP contribution is -2.45. The van der Waals surface area contributed by atoms with Crippen LogP contribution >= 0.6 is 0 Å². The van der Waals surface area contributed by atoms with Gasteiger partial charge in [0.05, 0.1) is 18.7 Å². The van der Waals surface area contributed by atoms with Gasteiger partial charge in [-0.15, -0.1) is 0 Å². The van der Waals surface area contributed by atoms with Gasteiger partial charge in [-0.05, 0) is 49.2 Å². The van der Waals surface area contributed by atoms with Crippen molar-refractivity contribution in [3.05, 3.63) is 59.7 Å². The van der Waals surface area contributed by atoms with E-state index >= 15 is 0 Å². The number of hydrogen-bond acceptors (Lipinski definition) is 7. The Balaban J connectivity index is 2.06. The quantitative estimate of drug-likeness (QED) is 0.172. The highest BCUT2D eigenvalue weighted by molar-refractivity contribution is 5.92. The Kier molecular flexibility index (Phi) is 9.03. The fourth-order valence-corrected chi connectivity index (χ4v) is 2.85. The first-order valence-corrected chi connectivity index (χ1v) is 9.98. The molecule has 0 saturated carbocycles. The Morgan fingerprint density at radius 2 is 1.91 bits per heavy atom. The van der Waals surface area contributed by atoms with Gasteiger partial charge in [0.15, 0.2) is 0 Å². The molecular weight excluding hydrogens is 414 g/mol. The van der Waals surface area contributed by atoms with Crippen LogP contribution in [0.4, 0.5) is 10.5 Å². The molecule has 2 atom stereocenters. The molecule has 10 heteroatoms. The van der Waals surface area contributed by atoms with Crippen LogP contribution in [0.15, 0.2) is 53.6 Å². The van der Waals surface area contributed by atoms with Crippen LogP contribution in [0.25, 0.3) is 0 Å². The highest BCUT2D eigenvalue weighted by Gasteiger charge is 2.25. The number of ether oxygens (including phenoxy) is 1. The Morgan fingerprint density at radius 1 is 1.19 bits per heavy atom. The summed E-state index contributed by atoms with van der Waals surface area (Å²) >= 11 is 0. The minimum absolute atomic E-state index is 0.0238. The summed E-state index contributed by atoms with van der Waals surface area (Å²) in [6.45, 7) is 3.30. The summed E-state index contributed by atoms with van der Waals surface area (Å²) in [5.41, 5.74) is 1.78. The standard InChI is InChI=1S/C22H27N5O5/c1-3-32-21(30)14(2)26-20(29)19(16-5-4-6-18(28)11-16)13-24-22(31)27-17-9-7-15(8-10-17)12-25-23/h4-12,14,19,28H,3,13,23H2,1-2H3,(H,26,29)(H2,24,27,31). The number of hydrogen-bond donors (Lipinski definition) is 5. The van der Waals surface area contributed by atoms with E-state index in [9.17, 15) is 19.5 Å². The van der Waals surface area contributed by atoms with Gasteiger partial charge in [0.2, 0.25) is 5.91 Å². The molecule has 6 N–H and O–H groups in total. The highest BCUT2D eigenvalue weighted by Crippen LogP contribution is 2.20. The number of aromatic hydroxyl groups is 1. The zero-order valence-corrected chi connectivity index (χ0v) is 17.9. The van der Waals surface area contributed by atoms with E-state index in [1.165, 1.54) is 25.3 Å². The molecular formula is C22H27N5O5. The van der Waals surface area contributed by atoms with E-state index < -0.39 is 29.9 Å². The average Bonchev–Trinajstić information content (AvgIpc) is 2.75. The molecule has 0 aliphatic rings. The summed E-state index contributed by atoms with van der Waals surface area (Å²) in [5.74, 6) is 3.16. The molecule has 0 aliphatic carbocycles. The van der Waals surface area contributed by atoms with Gasteiger partial charge in [0, 0.05) is 12.2 Å². The number of esters is 1. The third kappa shape index (κ3) is 7.31. The van der Waals surface area contributed by atoms with Crippen LogP contribution in [0.1, 0.15) is 30.9 Å². The Morgan fingerprint density at radius 3 is 2.53 bits per heavy atom. The minimum Gasteiger partial charge on any atom is -0.508 e. The Hall–Kier alpha value is -4.08. The average molecular weight is 441 g/mol. The lowest BCUT2D eigenvalue weighted by Gasteiger charge is -2.20. The monoisotopic (exact) mass is 441 g/mol. The molecule has 10 nitrogen and oxygen atoms in total. The van der Waals surface area contributed by atoms with Gasteiger partial charge in [0.25, 0.3) is 0 Å². The zero-order valence-electron chi connectivity index (χ0n) is 17.9. The van der Waals surface area contributed by atoms with E-state index in [2.05, 4.69) is 21.1 Å². The van der Waals surface area contributed by atoms with Crippen LogP contribution in [-0.4, -0.2) is 48.4 Å². The molecule has 0 spiro atoms. The van der Waals surface area contributed by atoms with E-state index in [-0.39, 0.29) is 18.9 Å². The number of amides is 3. The van der Waals surface area contributed by atoms with E-state index in [1.54, 1.807) is 43.3 Å². The van der Waals surface area contributed by atoms with E-state index in [0.717, 1.165) is 5.56 Å². The van der Waals surface area contributed by atoms with Crippen LogP contribution < -0.4 is 21.8 Å². The lowest BCUT2D eigenvalue weighted by molar-refractivity contribution is -0.147. The second-order valence-electron chi connectivity index (χ2n) is 6.87. The van der Waals surface area contributed by atoms with Crippen LogP contribution in [0.2, 0.25) is 0 Å². The number of anilines is 1. The first-order chi connectivity index (χ1) is 15.3. The molecule has 0 saturated heterocycles. The number of benzene rings is 2. The topological polar surface area (TPSA) is 155 Å². The second-order valence-corrected chi connectivity index (χ2v) is 6.87. The van der Waals surface area contributed by atoms with Gasteiger partial charge in [-0.3, -0.25) is 4.79 Å². The number of nitrogens with two attached hydrogens (primary N) is 1. The minimum atomic E-state index is -0.869. The number of phenolic OH excluding ortho intramolecular Hbond substituents is 1. The third-order valence-electron chi connectivity index (χ3n) is 4.45. The van der Waals surface area contributed by atoms with Crippen molar-refractivity contribution in [3.63, 3.8) is 0 Å². The van der Waals surface area contributed by atoms with E-state index in [4.69, 9.17) is 10.6 Å². The Bertz CT molecular complexity index is 961. The van der Waals surface area contributed by atoms with Crippen LogP contribution in [0.3, 0.4) is 0 Å². The van der Waals surface area contributed by atoms with Crippen LogP contribution in [0.5, 0.6) is 5.75 Å². The largest absolute Gasteiger partial charge is 0.508 e. The van der Waals surface area contributed by atoms with Crippen molar-refractivity contribution in [2.75, 3.05) is 18.5 Å². The number of urea groups is 1. The van der Waals surface area contributed by atoms with Gasteiger partial charge in [-0.2, -0.15) is 5.10 Å². The number of nitrogens with zero attached hydrogens (tertiary/aromatic N) is 1. The van der Waals surface area contributed by atoms with Gasteiger partial charge < -0.3 is 31.6 Å². The molecule has 3 amide bonds. The van der Waals surface area contributed by atoms with Crippen LogP contribution in [-0.2, 0) is 14.3 Å². The number of nitrogens with one attached hydrogen (secondary N) is 3. The summed E-state index contributed by atoms with van der Waals surface area (Å²) in [4.78, 5) is 37.0. The summed E-state index contributed by atoms with van der Waals surface area (Å²) < 4.78 is 4.91. The van der Waals surface area contributed by atoms with E-state index in [0.29, 0.717) is 11.3 Å². The maximum atomic E-state index is 12.8. The van der Waals surface area contributed by atoms with Gasteiger partial charge in [0.1, 0.15) is 11.8 Å².